The van der Waals surface area contributed by atoms with Gasteiger partial charge in [0.05, 0.1) is 24.0 Å². The van der Waals surface area contributed by atoms with E-state index in [2.05, 4.69) is 47.1 Å². The maximum Gasteiger partial charge on any atom is 0.123 e. The number of rotatable bonds is 7. The molecule has 2 heterocycles. The molecule has 1 saturated heterocycles. The molecule has 0 radical (unpaired) electrons. The molecule has 5 heteroatoms. The van der Waals surface area contributed by atoms with E-state index in [-0.39, 0.29) is 0 Å². The Morgan fingerprint density at radius 3 is 2.88 bits per heavy atom. The van der Waals surface area contributed by atoms with Gasteiger partial charge in [-0.1, -0.05) is 18.2 Å². The number of hydrogen-bond donors (Lipinski definition) is 0. The fourth-order valence-corrected chi connectivity index (χ4v) is 3.48. The van der Waals surface area contributed by atoms with Gasteiger partial charge in [-0.05, 0) is 46.5 Å². The fourth-order valence-electron chi connectivity index (χ4n) is 3.48. The van der Waals surface area contributed by atoms with Crippen LogP contribution >= 0.6 is 0 Å². The Morgan fingerprint density at radius 2 is 2.08 bits per heavy atom. The van der Waals surface area contributed by atoms with E-state index in [4.69, 9.17) is 9.72 Å². The van der Waals surface area contributed by atoms with Gasteiger partial charge in [-0.2, -0.15) is 0 Å². The lowest BCUT2D eigenvalue weighted by atomic mass is 10.1. The van der Waals surface area contributed by atoms with Gasteiger partial charge in [0.25, 0.3) is 0 Å². The van der Waals surface area contributed by atoms with E-state index in [9.17, 15) is 0 Å². The zero-order valence-corrected chi connectivity index (χ0v) is 15.5. The van der Waals surface area contributed by atoms with Crippen molar-refractivity contribution in [2.75, 3.05) is 27.2 Å². The summed E-state index contributed by atoms with van der Waals surface area (Å²) in [5.74, 6) is 0.989. The molecule has 0 amide bonds. The van der Waals surface area contributed by atoms with Crippen LogP contribution in [-0.2, 0) is 13.1 Å². The first kappa shape index (κ1) is 17.8. The summed E-state index contributed by atoms with van der Waals surface area (Å²) in [6, 6.07) is 8.67. The number of hydrogen-bond acceptors (Lipinski definition) is 5. The van der Waals surface area contributed by atoms with Crippen molar-refractivity contribution in [1.82, 2.24) is 19.8 Å². The van der Waals surface area contributed by atoms with Crippen molar-refractivity contribution >= 4 is 0 Å². The van der Waals surface area contributed by atoms with Gasteiger partial charge >= 0.3 is 0 Å². The Hall–Kier alpha value is -1.98. The van der Waals surface area contributed by atoms with E-state index in [0.29, 0.717) is 12.6 Å². The first-order valence-corrected chi connectivity index (χ1v) is 9.07. The van der Waals surface area contributed by atoms with E-state index in [1.807, 2.05) is 25.4 Å². The Balaban J connectivity index is 1.77. The summed E-state index contributed by atoms with van der Waals surface area (Å²) in [5.41, 5.74) is 3.36. The van der Waals surface area contributed by atoms with Gasteiger partial charge in [0.2, 0.25) is 0 Å². The minimum absolute atomic E-state index is 0.337. The summed E-state index contributed by atoms with van der Waals surface area (Å²) in [6.07, 6.45) is 6.13. The van der Waals surface area contributed by atoms with Gasteiger partial charge in [0, 0.05) is 31.0 Å². The SMILES string of the molecule is CCOc1ccccc1CN1CCC[C@H]1c1cncc(CN(C)C)n1. The smallest absolute Gasteiger partial charge is 0.123 e. The highest BCUT2D eigenvalue weighted by molar-refractivity contribution is 5.33. The van der Waals surface area contributed by atoms with Crippen molar-refractivity contribution in [3.63, 3.8) is 0 Å². The summed E-state index contributed by atoms with van der Waals surface area (Å²) < 4.78 is 5.79. The number of likely N-dealkylation sites (tertiary alicyclic amines) is 1. The summed E-state index contributed by atoms with van der Waals surface area (Å²) in [6.45, 7) is 5.52. The quantitative estimate of drug-likeness (QED) is 0.774. The molecule has 2 aromatic rings. The molecule has 0 aliphatic carbocycles. The van der Waals surface area contributed by atoms with Gasteiger partial charge in [-0.25, -0.2) is 0 Å². The molecule has 1 aliphatic rings. The first-order chi connectivity index (χ1) is 12.2. The topological polar surface area (TPSA) is 41.5 Å². The number of para-hydroxylation sites is 1. The molecule has 0 spiro atoms. The number of benzene rings is 1. The molecule has 1 fully saturated rings. The number of nitrogens with zero attached hydrogens (tertiary/aromatic N) is 4. The third-order valence-electron chi connectivity index (χ3n) is 4.53. The Morgan fingerprint density at radius 1 is 1.24 bits per heavy atom. The third kappa shape index (κ3) is 4.55. The largest absolute Gasteiger partial charge is 0.494 e. The predicted molar refractivity (Wildman–Crippen MR) is 99.4 cm³/mol. The van der Waals surface area contributed by atoms with Crippen molar-refractivity contribution in [2.24, 2.45) is 0 Å². The van der Waals surface area contributed by atoms with E-state index in [1.165, 1.54) is 12.0 Å². The monoisotopic (exact) mass is 340 g/mol. The number of ether oxygens (including phenoxy) is 1. The molecular weight excluding hydrogens is 312 g/mol. The molecule has 25 heavy (non-hydrogen) atoms. The molecule has 134 valence electrons. The molecule has 0 saturated carbocycles. The lowest BCUT2D eigenvalue weighted by Crippen LogP contribution is -2.24. The maximum atomic E-state index is 5.79. The normalized spacial score (nSPS) is 18.0. The van der Waals surface area contributed by atoms with Crippen LogP contribution < -0.4 is 4.74 Å². The molecular formula is C20H28N4O. The average molecular weight is 340 g/mol. The van der Waals surface area contributed by atoms with Crippen molar-refractivity contribution in [3.05, 3.63) is 53.6 Å². The molecule has 5 nitrogen and oxygen atoms in total. The Kier molecular flexibility index (Phi) is 6.00. The van der Waals surface area contributed by atoms with Crippen LogP contribution in [0.25, 0.3) is 0 Å². The van der Waals surface area contributed by atoms with E-state index < -0.39 is 0 Å². The Labute approximate surface area is 150 Å². The Bertz CT molecular complexity index is 689. The maximum absolute atomic E-state index is 5.79. The summed E-state index contributed by atoms with van der Waals surface area (Å²) in [5, 5.41) is 0. The van der Waals surface area contributed by atoms with Crippen LogP contribution in [0.2, 0.25) is 0 Å². The summed E-state index contributed by atoms with van der Waals surface area (Å²) >= 11 is 0. The van der Waals surface area contributed by atoms with Crippen molar-refractivity contribution in [2.45, 2.75) is 38.9 Å². The highest BCUT2D eigenvalue weighted by Crippen LogP contribution is 2.33. The molecule has 1 aliphatic heterocycles. The van der Waals surface area contributed by atoms with Gasteiger partial charge in [-0.15, -0.1) is 0 Å². The minimum atomic E-state index is 0.337. The second-order valence-corrected chi connectivity index (χ2v) is 6.84. The summed E-state index contributed by atoms with van der Waals surface area (Å²) in [4.78, 5) is 13.9. The molecule has 0 bridgehead atoms. The minimum Gasteiger partial charge on any atom is -0.494 e. The van der Waals surface area contributed by atoms with Crippen molar-refractivity contribution in [3.8, 4) is 5.75 Å². The van der Waals surface area contributed by atoms with Gasteiger partial charge in [0.1, 0.15) is 5.75 Å². The van der Waals surface area contributed by atoms with Gasteiger partial charge in [0.15, 0.2) is 0 Å². The van der Waals surface area contributed by atoms with Gasteiger partial charge in [-0.3, -0.25) is 14.9 Å². The van der Waals surface area contributed by atoms with Crippen LogP contribution in [-0.4, -0.2) is 47.0 Å². The van der Waals surface area contributed by atoms with E-state index in [0.717, 1.165) is 43.2 Å². The van der Waals surface area contributed by atoms with E-state index >= 15 is 0 Å². The standard InChI is InChI=1S/C20H28N4O/c1-4-25-20-10-6-5-8-16(20)14-24-11-7-9-19(24)18-13-21-12-17(22-18)15-23(2)3/h5-6,8,10,12-13,19H,4,7,9,11,14-15H2,1-3H3/t19-/m0/s1. The highest BCUT2D eigenvalue weighted by atomic mass is 16.5. The molecule has 1 atom stereocenters. The third-order valence-corrected chi connectivity index (χ3v) is 4.53. The highest BCUT2D eigenvalue weighted by Gasteiger charge is 2.28. The summed E-state index contributed by atoms with van der Waals surface area (Å²) in [7, 11) is 4.11. The molecule has 1 aromatic carbocycles. The number of aromatic nitrogens is 2. The van der Waals surface area contributed by atoms with Crippen molar-refractivity contribution < 1.29 is 4.74 Å². The lowest BCUT2D eigenvalue weighted by Gasteiger charge is -2.25. The van der Waals surface area contributed by atoms with Crippen LogP contribution in [0.1, 0.15) is 42.8 Å². The predicted octanol–water partition coefficient (Wildman–Crippen LogP) is 3.27. The first-order valence-electron chi connectivity index (χ1n) is 9.07. The average Bonchev–Trinajstić information content (AvgIpc) is 3.05. The van der Waals surface area contributed by atoms with Crippen LogP contribution in [0.15, 0.2) is 36.7 Å². The zero-order valence-electron chi connectivity index (χ0n) is 15.5. The van der Waals surface area contributed by atoms with Crippen LogP contribution in [0.5, 0.6) is 5.75 Å². The molecule has 3 rings (SSSR count). The van der Waals surface area contributed by atoms with E-state index in [1.54, 1.807) is 0 Å². The van der Waals surface area contributed by atoms with Gasteiger partial charge < -0.3 is 9.64 Å². The molecule has 1 aromatic heterocycles. The van der Waals surface area contributed by atoms with Crippen LogP contribution in [0, 0.1) is 0 Å². The van der Waals surface area contributed by atoms with Crippen molar-refractivity contribution in [1.29, 1.82) is 0 Å². The fraction of sp³-hybridized carbons (Fsp3) is 0.500. The van der Waals surface area contributed by atoms with Crippen LogP contribution in [0.3, 0.4) is 0 Å². The molecule has 0 N–H and O–H groups in total. The zero-order chi connectivity index (χ0) is 17.6. The second-order valence-electron chi connectivity index (χ2n) is 6.84. The second kappa shape index (κ2) is 8.41. The molecule has 0 unspecified atom stereocenters. The lowest BCUT2D eigenvalue weighted by molar-refractivity contribution is 0.237. The van der Waals surface area contributed by atoms with Crippen LogP contribution in [0.4, 0.5) is 0 Å².